The fourth-order valence-electron chi connectivity index (χ4n) is 4.73. The van der Waals surface area contributed by atoms with Gasteiger partial charge in [0.1, 0.15) is 5.75 Å². The number of rotatable bonds is 8. The fourth-order valence-corrected chi connectivity index (χ4v) is 4.73. The minimum atomic E-state index is 0.155. The summed E-state index contributed by atoms with van der Waals surface area (Å²) in [5, 5.41) is 0. The Balaban J connectivity index is 1.91. The molecule has 30 heavy (non-hydrogen) atoms. The van der Waals surface area contributed by atoms with Crippen molar-refractivity contribution < 1.29 is 4.74 Å². The number of aliphatic imine (C=N–C) groups is 1. The second-order valence-electron chi connectivity index (χ2n) is 9.25. The SMILES string of the molecule is CCCCc1ccc(N=Cc2cc3c(cc2OC)N(CCC)C(C)(C)CC3C)cc1. The fraction of sp³-hybridized carbons (Fsp3) is 0.519. The number of benzene rings is 2. The monoisotopic (exact) mass is 406 g/mol. The number of ether oxygens (including phenoxy) is 1. The predicted molar refractivity (Wildman–Crippen MR) is 130 cm³/mol. The van der Waals surface area contributed by atoms with E-state index in [9.17, 15) is 0 Å². The molecule has 1 heterocycles. The van der Waals surface area contributed by atoms with Crippen molar-refractivity contribution in [2.75, 3.05) is 18.6 Å². The molecule has 0 saturated carbocycles. The van der Waals surface area contributed by atoms with Crippen molar-refractivity contribution in [2.45, 2.75) is 78.2 Å². The maximum absolute atomic E-state index is 5.78. The molecule has 1 atom stereocenters. The smallest absolute Gasteiger partial charge is 0.129 e. The number of nitrogens with zero attached hydrogens (tertiary/aromatic N) is 2. The van der Waals surface area contributed by atoms with E-state index in [4.69, 9.17) is 9.73 Å². The number of hydrogen-bond acceptors (Lipinski definition) is 3. The second-order valence-corrected chi connectivity index (χ2v) is 9.25. The van der Waals surface area contributed by atoms with Crippen molar-refractivity contribution in [2.24, 2.45) is 4.99 Å². The average molecular weight is 407 g/mol. The number of fused-ring (bicyclic) bond motifs is 1. The molecule has 3 heteroatoms. The summed E-state index contributed by atoms with van der Waals surface area (Å²) in [5.41, 5.74) is 6.29. The summed E-state index contributed by atoms with van der Waals surface area (Å²) < 4.78 is 5.78. The Morgan fingerprint density at radius 2 is 1.87 bits per heavy atom. The topological polar surface area (TPSA) is 24.8 Å². The lowest BCUT2D eigenvalue weighted by atomic mass is 9.79. The number of aryl methyl sites for hydroxylation is 1. The first kappa shape index (κ1) is 22.4. The van der Waals surface area contributed by atoms with Gasteiger partial charge < -0.3 is 9.64 Å². The molecule has 3 rings (SSSR count). The molecule has 1 aliphatic rings. The summed E-state index contributed by atoms with van der Waals surface area (Å²) in [6.45, 7) is 12.6. The Hall–Kier alpha value is -2.29. The molecule has 3 nitrogen and oxygen atoms in total. The van der Waals surface area contributed by atoms with E-state index in [-0.39, 0.29) is 5.54 Å². The van der Waals surface area contributed by atoms with E-state index in [0.717, 1.165) is 42.8 Å². The largest absolute Gasteiger partial charge is 0.496 e. The van der Waals surface area contributed by atoms with Crippen LogP contribution in [0.3, 0.4) is 0 Å². The zero-order valence-corrected chi connectivity index (χ0v) is 19.7. The van der Waals surface area contributed by atoms with Gasteiger partial charge in [0.05, 0.1) is 12.8 Å². The third-order valence-corrected chi connectivity index (χ3v) is 6.29. The predicted octanol–water partition coefficient (Wildman–Crippen LogP) is 7.29. The Morgan fingerprint density at radius 1 is 1.13 bits per heavy atom. The molecule has 1 aliphatic heterocycles. The van der Waals surface area contributed by atoms with Gasteiger partial charge in [0.2, 0.25) is 0 Å². The van der Waals surface area contributed by atoms with Crippen molar-refractivity contribution >= 4 is 17.6 Å². The van der Waals surface area contributed by atoms with Crippen molar-refractivity contribution in [1.29, 1.82) is 0 Å². The minimum Gasteiger partial charge on any atom is -0.496 e. The summed E-state index contributed by atoms with van der Waals surface area (Å²) in [4.78, 5) is 7.30. The lowest BCUT2D eigenvalue weighted by Gasteiger charge is -2.47. The summed E-state index contributed by atoms with van der Waals surface area (Å²) in [5.74, 6) is 1.40. The van der Waals surface area contributed by atoms with Crippen molar-refractivity contribution in [1.82, 2.24) is 0 Å². The molecule has 0 spiro atoms. The number of anilines is 1. The molecule has 1 unspecified atom stereocenters. The Labute approximate surface area is 183 Å². The quantitative estimate of drug-likeness (QED) is 0.430. The van der Waals surface area contributed by atoms with Gasteiger partial charge in [-0.3, -0.25) is 4.99 Å². The van der Waals surface area contributed by atoms with Gasteiger partial charge in [0.25, 0.3) is 0 Å². The molecule has 2 aromatic rings. The van der Waals surface area contributed by atoms with E-state index in [2.05, 4.69) is 75.9 Å². The van der Waals surface area contributed by atoms with Crippen LogP contribution in [0.5, 0.6) is 5.75 Å². The van der Waals surface area contributed by atoms with Gasteiger partial charge in [-0.1, -0.05) is 39.3 Å². The molecule has 0 aromatic heterocycles. The molecule has 0 amide bonds. The van der Waals surface area contributed by atoms with Gasteiger partial charge >= 0.3 is 0 Å². The molecule has 0 radical (unpaired) electrons. The first-order chi connectivity index (χ1) is 14.4. The average Bonchev–Trinajstić information content (AvgIpc) is 2.73. The van der Waals surface area contributed by atoms with Crippen LogP contribution in [0.25, 0.3) is 0 Å². The van der Waals surface area contributed by atoms with Crippen LogP contribution in [0.1, 0.15) is 82.9 Å². The zero-order chi connectivity index (χ0) is 21.7. The molecule has 0 bridgehead atoms. The van der Waals surface area contributed by atoms with E-state index in [1.54, 1.807) is 7.11 Å². The van der Waals surface area contributed by atoms with E-state index >= 15 is 0 Å². The van der Waals surface area contributed by atoms with Crippen molar-refractivity contribution in [3.63, 3.8) is 0 Å². The molecular weight excluding hydrogens is 368 g/mol. The van der Waals surface area contributed by atoms with Crippen LogP contribution in [0.2, 0.25) is 0 Å². The Morgan fingerprint density at radius 3 is 2.50 bits per heavy atom. The molecule has 0 N–H and O–H groups in total. The van der Waals surface area contributed by atoms with Gasteiger partial charge in [-0.25, -0.2) is 0 Å². The van der Waals surface area contributed by atoms with Gasteiger partial charge in [-0.2, -0.15) is 0 Å². The highest BCUT2D eigenvalue weighted by atomic mass is 16.5. The van der Waals surface area contributed by atoms with Crippen LogP contribution in [0, 0.1) is 0 Å². The molecular formula is C27H38N2O. The Bertz CT molecular complexity index is 867. The van der Waals surface area contributed by atoms with Crippen LogP contribution in [0.15, 0.2) is 41.4 Å². The lowest BCUT2D eigenvalue weighted by molar-refractivity contribution is 0.372. The van der Waals surface area contributed by atoms with Gasteiger partial charge in [0.15, 0.2) is 0 Å². The second kappa shape index (κ2) is 9.68. The summed E-state index contributed by atoms with van der Waals surface area (Å²) in [7, 11) is 1.75. The zero-order valence-electron chi connectivity index (χ0n) is 19.7. The van der Waals surface area contributed by atoms with E-state index in [0.29, 0.717) is 5.92 Å². The van der Waals surface area contributed by atoms with Crippen LogP contribution in [0.4, 0.5) is 11.4 Å². The first-order valence-corrected chi connectivity index (χ1v) is 11.5. The maximum Gasteiger partial charge on any atom is 0.129 e. The minimum absolute atomic E-state index is 0.155. The highest BCUT2D eigenvalue weighted by molar-refractivity contribution is 5.87. The lowest BCUT2D eigenvalue weighted by Crippen LogP contribution is -2.48. The molecule has 0 aliphatic carbocycles. The van der Waals surface area contributed by atoms with E-state index in [1.165, 1.54) is 29.7 Å². The van der Waals surface area contributed by atoms with E-state index in [1.807, 2.05) is 6.21 Å². The number of unbranched alkanes of at least 4 members (excludes halogenated alkanes) is 1. The standard InChI is InChI=1S/C27H38N2O/c1-7-9-10-21-11-13-23(14-12-21)28-19-22-16-24-20(3)18-27(4,5)29(15-8-2)25(24)17-26(22)30-6/h11-14,16-17,19-20H,7-10,15,18H2,1-6H3. The maximum atomic E-state index is 5.78. The molecule has 0 fully saturated rings. The number of hydrogen-bond donors (Lipinski definition) is 0. The summed E-state index contributed by atoms with van der Waals surface area (Å²) >= 11 is 0. The normalized spacial score (nSPS) is 17.9. The van der Waals surface area contributed by atoms with Crippen LogP contribution < -0.4 is 9.64 Å². The number of methoxy groups -OCH3 is 1. The molecule has 0 saturated heterocycles. The van der Waals surface area contributed by atoms with Crippen molar-refractivity contribution in [3.05, 3.63) is 53.1 Å². The highest BCUT2D eigenvalue weighted by Gasteiger charge is 2.36. The van der Waals surface area contributed by atoms with Crippen LogP contribution in [-0.4, -0.2) is 25.4 Å². The van der Waals surface area contributed by atoms with E-state index < -0.39 is 0 Å². The molecule has 2 aromatic carbocycles. The highest BCUT2D eigenvalue weighted by Crippen LogP contribution is 2.45. The van der Waals surface area contributed by atoms with Gasteiger partial charge in [0, 0.05) is 35.6 Å². The van der Waals surface area contributed by atoms with Crippen LogP contribution in [-0.2, 0) is 6.42 Å². The van der Waals surface area contributed by atoms with Crippen LogP contribution >= 0.6 is 0 Å². The summed E-state index contributed by atoms with van der Waals surface area (Å²) in [6.07, 6.45) is 7.85. The molecule has 162 valence electrons. The third-order valence-electron chi connectivity index (χ3n) is 6.29. The van der Waals surface area contributed by atoms with Gasteiger partial charge in [-0.05, 0) is 74.8 Å². The Kier molecular flexibility index (Phi) is 7.23. The van der Waals surface area contributed by atoms with Gasteiger partial charge in [-0.15, -0.1) is 0 Å². The van der Waals surface area contributed by atoms with Crippen molar-refractivity contribution in [3.8, 4) is 5.75 Å². The third kappa shape index (κ3) is 4.88. The summed E-state index contributed by atoms with van der Waals surface area (Å²) in [6, 6.07) is 13.1. The first-order valence-electron chi connectivity index (χ1n) is 11.5.